The smallest absolute Gasteiger partial charge is 0.253 e. The Morgan fingerprint density at radius 3 is 2.77 bits per heavy atom. The van der Waals surface area contributed by atoms with Crippen LogP contribution in [0.15, 0.2) is 30.5 Å². The summed E-state index contributed by atoms with van der Waals surface area (Å²) in [5.41, 5.74) is 2.86. The third-order valence-electron chi connectivity index (χ3n) is 5.46. The van der Waals surface area contributed by atoms with E-state index in [9.17, 15) is 4.79 Å². The molecular formula is C19H25N5O2. The van der Waals surface area contributed by atoms with Crippen molar-refractivity contribution in [3.8, 4) is 0 Å². The molecule has 0 spiro atoms. The van der Waals surface area contributed by atoms with Gasteiger partial charge in [0, 0.05) is 37.4 Å². The maximum Gasteiger partial charge on any atom is 0.253 e. The van der Waals surface area contributed by atoms with E-state index in [-0.39, 0.29) is 18.1 Å². The van der Waals surface area contributed by atoms with Gasteiger partial charge in [0.1, 0.15) is 0 Å². The molecule has 2 aliphatic heterocycles. The predicted octanol–water partition coefficient (Wildman–Crippen LogP) is 2.11. The van der Waals surface area contributed by atoms with E-state index in [4.69, 9.17) is 4.74 Å². The van der Waals surface area contributed by atoms with Gasteiger partial charge in [-0.05, 0) is 44.5 Å². The molecule has 7 nitrogen and oxygen atoms in total. The average Bonchev–Trinajstić information content (AvgIpc) is 3.18. The molecule has 4 rings (SSSR count). The Morgan fingerprint density at radius 1 is 1.27 bits per heavy atom. The molecule has 1 fully saturated rings. The number of hydrogen-bond donors (Lipinski definition) is 0. The van der Waals surface area contributed by atoms with Crippen LogP contribution >= 0.6 is 0 Å². The van der Waals surface area contributed by atoms with Gasteiger partial charge in [-0.15, -0.1) is 5.10 Å². The van der Waals surface area contributed by atoms with Crippen LogP contribution in [0.3, 0.4) is 0 Å². The zero-order valence-electron chi connectivity index (χ0n) is 15.3. The number of fused-ring (bicyclic) bond motifs is 3. The first-order valence-corrected chi connectivity index (χ1v) is 9.36. The number of benzene rings is 1. The summed E-state index contributed by atoms with van der Waals surface area (Å²) in [6, 6.07) is 7.98. The molecule has 1 aromatic carbocycles. The van der Waals surface area contributed by atoms with Gasteiger partial charge in [-0.3, -0.25) is 4.79 Å². The topological polar surface area (TPSA) is 63.5 Å². The third-order valence-corrected chi connectivity index (χ3v) is 5.46. The quantitative estimate of drug-likeness (QED) is 0.840. The zero-order chi connectivity index (χ0) is 18.1. The molecule has 138 valence electrons. The summed E-state index contributed by atoms with van der Waals surface area (Å²) in [6.07, 6.45) is 2.68. The minimum absolute atomic E-state index is 0.0499. The molecule has 0 unspecified atom stereocenters. The number of carbonyl (C=O) groups is 1. The Bertz CT molecular complexity index is 768. The van der Waals surface area contributed by atoms with Crippen molar-refractivity contribution in [3.05, 3.63) is 41.7 Å². The Labute approximate surface area is 153 Å². The van der Waals surface area contributed by atoms with E-state index in [2.05, 4.69) is 29.1 Å². The van der Waals surface area contributed by atoms with Crippen LogP contribution in [0.2, 0.25) is 0 Å². The van der Waals surface area contributed by atoms with Gasteiger partial charge in [0.25, 0.3) is 5.91 Å². The number of aromatic nitrogens is 3. The molecule has 0 N–H and O–H groups in total. The normalized spacial score (nSPS) is 21.8. The van der Waals surface area contributed by atoms with Gasteiger partial charge >= 0.3 is 0 Å². The van der Waals surface area contributed by atoms with Crippen molar-refractivity contribution in [1.82, 2.24) is 19.9 Å². The standard InChI is InChI=1S/C19H25N5O2/c1-3-22(4-2)15-7-5-14(6-8-15)19(25)23-10-9-18-17(12-23)24-16(13-26-18)11-20-21-24/h5-8,11,17-18H,3-4,9-10,12-13H2,1-2H3/t17-,18-/m0/s1. The first-order chi connectivity index (χ1) is 12.7. The SMILES string of the molecule is CCN(CC)c1ccc(C(=O)N2CC[C@@H]3OCc4cnnn4[C@H]3C2)cc1. The zero-order valence-corrected chi connectivity index (χ0v) is 15.3. The van der Waals surface area contributed by atoms with Crippen LogP contribution in [0, 0.1) is 0 Å². The van der Waals surface area contributed by atoms with E-state index < -0.39 is 0 Å². The Hall–Kier alpha value is -2.41. The first kappa shape index (κ1) is 17.0. The molecule has 7 heteroatoms. The van der Waals surface area contributed by atoms with Crippen LogP contribution in [0.25, 0.3) is 0 Å². The number of carbonyl (C=O) groups excluding carboxylic acids is 1. The summed E-state index contributed by atoms with van der Waals surface area (Å²) in [7, 11) is 0. The van der Waals surface area contributed by atoms with Crippen molar-refractivity contribution in [2.24, 2.45) is 0 Å². The molecule has 1 saturated heterocycles. The Kier molecular flexibility index (Phi) is 4.63. The number of nitrogens with zero attached hydrogens (tertiary/aromatic N) is 5. The van der Waals surface area contributed by atoms with E-state index in [1.54, 1.807) is 6.20 Å². The number of amides is 1. The summed E-state index contributed by atoms with van der Waals surface area (Å²) >= 11 is 0. The van der Waals surface area contributed by atoms with E-state index in [1.165, 1.54) is 0 Å². The van der Waals surface area contributed by atoms with E-state index >= 15 is 0 Å². The summed E-state index contributed by atoms with van der Waals surface area (Å²) in [5.74, 6) is 0.0711. The van der Waals surface area contributed by atoms with Gasteiger partial charge in [0.2, 0.25) is 0 Å². The summed E-state index contributed by atoms with van der Waals surface area (Å²) < 4.78 is 7.85. The molecule has 0 bridgehead atoms. The van der Waals surface area contributed by atoms with E-state index in [0.717, 1.165) is 36.5 Å². The second-order valence-corrected chi connectivity index (χ2v) is 6.85. The number of anilines is 1. The van der Waals surface area contributed by atoms with Gasteiger partial charge in [0.05, 0.1) is 30.6 Å². The fourth-order valence-corrected chi connectivity index (χ4v) is 3.95. The molecule has 2 aromatic rings. The lowest BCUT2D eigenvalue weighted by atomic mass is 9.99. The van der Waals surface area contributed by atoms with Crippen LogP contribution in [0.4, 0.5) is 5.69 Å². The fourth-order valence-electron chi connectivity index (χ4n) is 3.95. The highest BCUT2D eigenvalue weighted by molar-refractivity contribution is 5.94. The van der Waals surface area contributed by atoms with Gasteiger partial charge in [-0.25, -0.2) is 4.68 Å². The lowest BCUT2D eigenvalue weighted by molar-refractivity contribution is -0.0605. The van der Waals surface area contributed by atoms with E-state index in [1.807, 2.05) is 33.8 Å². The predicted molar refractivity (Wildman–Crippen MR) is 98.2 cm³/mol. The highest BCUT2D eigenvalue weighted by Gasteiger charge is 2.38. The van der Waals surface area contributed by atoms with Gasteiger partial charge < -0.3 is 14.5 Å². The minimum Gasteiger partial charge on any atom is -0.372 e. The van der Waals surface area contributed by atoms with Crippen molar-refractivity contribution < 1.29 is 9.53 Å². The highest BCUT2D eigenvalue weighted by atomic mass is 16.5. The van der Waals surface area contributed by atoms with Gasteiger partial charge in [-0.2, -0.15) is 0 Å². The maximum atomic E-state index is 13.0. The van der Waals surface area contributed by atoms with Crippen LogP contribution < -0.4 is 4.90 Å². The van der Waals surface area contributed by atoms with Crippen molar-refractivity contribution in [2.45, 2.75) is 39.0 Å². The molecule has 26 heavy (non-hydrogen) atoms. The van der Waals surface area contributed by atoms with Crippen LogP contribution in [0.5, 0.6) is 0 Å². The molecule has 0 radical (unpaired) electrons. The molecule has 2 aliphatic rings. The van der Waals surface area contributed by atoms with Crippen molar-refractivity contribution in [1.29, 1.82) is 0 Å². The highest BCUT2D eigenvalue weighted by Crippen LogP contribution is 2.30. The molecule has 1 aromatic heterocycles. The van der Waals surface area contributed by atoms with Gasteiger partial charge in [0.15, 0.2) is 0 Å². The molecule has 2 atom stereocenters. The lowest BCUT2D eigenvalue weighted by Gasteiger charge is -2.41. The summed E-state index contributed by atoms with van der Waals surface area (Å²) in [6.45, 7) is 8.06. The number of ether oxygens (including phenoxy) is 1. The van der Waals surface area contributed by atoms with Crippen molar-refractivity contribution in [3.63, 3.8) is 0 Å². The van der Waals surface area contributed by atoms with E-state index in [0.29, 0.717) is 19.7 Å². The monoisotopic (exact) mass is 355 g/mol. The first-order valence-electron chi connectivity index (χ1n) is 9.36. The summed E-state index contributed by atoms with van der Waals surface area (Å²) in [4.78, 5) is 17.2. The Balaban J connectivity index is 1.49. The molecule has 3 heterocycles. The van der Waals surface area contributed by atoms with Crippen LogP contribution in [-0.2, 0) is 11.3 Å². The molecule has 0 aliphatic carbocycles. The lowest BCUT2D eigenvalue weighted by Crippen LogP contribution is -2.49. The van der Waals surface area contributed by atoms with Gasteiger partial charge in [-0.1, -0.05) is 5.21 Å². The second kappa shape index (κ2) is 7.07. The minimum atomic E-state index is 0.0499. The van der Waals surface area contributed by atoms with Crippen LogP contribution in [-0.4, -0.2) is 58.1 Å². The average molecular weight is 355 g/mol. The van der Waals surface area contributed by atoms with Crippen molar-refractivity contribution >= 4 is 11.6 Å². The molecular weight excluding hydrogens is 330 g/mol. The largest absolute Gasteiger partial charge is 0.372 e. The summed E-state index contributed by atoms with van der Waals surface area (Å²) in [5, 5.41) is 8.19. The van der Waals surface area contributed by atoms with Crippen LogP contribution in [0.1, 0.15) is 42.4 Å². The molecule has 1 amide bonds. The molecule has 0 saturated carbocycles. The number of piperidine rings is 1. The van der Waals surface area contributed by atoms with Crippen molar-refractivity contribution in [2.75, 3.05) is 31.1 Å². The Morgan fingerprint density at radius 2 is 2.04 bits per heavy atom. The third kappa shape index (κ3) is 2.96. The number of hydrogen-bond acceptors (Lipinski definition) is 5. The number of likely N-dealkylation sites (tertiary alicyclic amines) is 1. The second-order valence-electron chi connectivity index (χ2n) is 6.85. The fraction of sp³-hybridized carbons (Fsp3) is 0.526. The maximum absolute atomic E-state index is 13.0. The number of rotatable bonds is 4.